The molecule has 0 saturated carbocycles. The van der Waals surface area contributed by atoms with Crippen molar-refractivity contribution in [3.8, 4) is 22.4 Å². The number of aromatic amines is 1. The van der Waals surface area contributed by atoms with Crippen molar-refractivity contribution in [2.24, 2.45) is 0 Å². The molecule has 1 amide bonds. The zero-order valence-electron chi connectivity index (χ0n) is 16.3. The Hall–Kier alpha value is -4.40. The maximum Gasteiger partial charge on any atom is 0.335 e. The molecule has 158 valence electrons. The topological polar surface area (TPSA) is 99.2 Å². The van der Waals surface area contributed by atoms with Crippen LogP contribution in [0.3, 0.4) is 0 Å². The lowest BCUT2D eigenvalue weighted by molar-refractivity contribution is 0.0696. The molecule has 1 aliphatic heterocycles. The summed E-state index contributed by atoms with van der Waals surface area (Å²) in [5, 5.41) is 19.2. The summed E-state index contributed by atoms with van der Waals surface area (Å²) in [5.41, 5.74) is 2.19. The second-order valence-electron chi connectivity index (χ2n) is 7.26. The quantitative estimate of drug-likeness (QED) is 0.502. The van der Waals surface area contributed by atoms with E-state index in [2.05, 4.69) is 15.4 Å². The van der Waals surface area contributed by atoms with Gasteiger partial charge in [-0.05, 0) is 41.5 Å². The van der Waals surface area contributed by atoms with E-state index in [1.807, 2.05) is 0 Å². The first-order valence-electron chi connectivity index (χ1n) is 9.57. The van der Waals surface area contributed by atoms with Crippen molar-refractivity contribution in [1.82, 2.24) is 15.4 Å². The SMILES string of the molecule is O=C(O)c1ccc(-c2ccc(F)c(N3Cc4ccc(-c5c[nH]nn5)cc4C3=O)c2F)cc1. The van der Waals surface area contributed by atoms with Crippen LogP contribution in [0.1, 0.15) is 26.3 Å². The Morgan fingerprint density at radius 3 is 2.44 bits per heavy atom. The Kier molecular flexibility index (Phi) is 4.51. The number of carboxylic acids is 1. The van der Waals surface area contributed by atoms with Gasteiger partial charge in [0.05, 0.1) is 12.1 Å². The summed E-state index contributed by atoms with van der Waals surface area (Å²) in [6.45, 7) is 0.0164. The number of hydrogen-bond donors (Lipinski definition) is 2. The van der Waals surface area contributed by atoms with Gasteiger partial charge >= 0.3 is 5.97 Å². The molecule has 0 unspecified atom stereocenters. The minimum absolute atomic E-state index is 0.0164. The van der Waals surface area contributed by atoms with E-state index in [1.165, 1.54) is 30.3 Å². The molecule has 2 heterocycles. The highest BCUT2D eigenvalue weighted by Gasteiger charge is 2.33. The molecule has 1 aliphatic rings. The van der Waals surface area contributed by atoms with Gasteiger partial charge in [0.15, 0.2) is 5.82 Å². The Labute approximate surface area is 179 Å². The van der Waals surface area contributed by atoms with Crippen molar-refractivity contribution in [3.05, 3.63) is 89.1 Å². The number of nitrogens with zero attached hydrogens (tertiary/aromatic N) is 3. The number of hydrogen-bond acceptors (Lipinski definition) is 4. The van der Waals surface area contributed by atoms with Gasteiger partial charge in [0, 0.05) is 22.9 Å². The van der Waals surface area contributed by atoms with E-state index in [0.717, 1.165) is 11.0 Å². The molecular weight excluding hydrogens is 418 g/mol. The van der Waals surface area contributed by atoms with Crippen LogP contribution >= 0.6 is 0 Å². The van der Waals surface area contributed by atoms with Gasteiger partial charge in [-0.1, -0.05) is 29.5 Å². The van der Waals surface area contributed by atoms with Crippen LogP contribution in [-0.2, 0) is 6.54 Å². The van der Waals surface area contributed by atoms with Gasteiger partial charge in [-0.3, -0.25) is 14.8 Å². The number of carboxylic acid groups (broad SMARTS) is 1. The van der Waals surface area contributed by atoms with E-state index in [-0.39, 0.29) is 17.7 Å². The predicted molar refractivity (Wildman–Crippen MR) is 111 cm³/mol. The van der Waals surface area contributed by atoms with Crippen LogP contribution in [0.4, 0.5) is 14.5 Å². The fourth-order valence-electron chi connectivity index (χ4n) is 3.79. The zero-order valence-corrected chi connectivity index (χ0v) is 16.3. The number of aromatic nitrogens is 3. The smallest absolute Gasteiger partial charge is 0.335 e. The highest BCUT2D eigenvalue weighted by atomic mass is 19.1. The number of fused-ring (bicyclic) bond motifs is 1. The summed E-state index contributed by atoms with van der Waals surface area (Å²) < 4.78 is 30.2. The van der Waals surface area contributed by atoms with Crippen molar-refractivity contribution >= 4 is 17.6 Å². The molecule has 0 aliphatic carbocycles. The van der Waals surface area contributed by atoms with Crippen LogP contribution in [0.15, 0.2) is 60.8 Å². The predicted octanol–water partition coefficient (Wildman–Crippen LogP) is 4.28. The summed E-state index contributed by atoms with van der Waals surface area (Å²) in [6.07, 6.45) is 1.58. The molecular formula is C23H14F2N4O3. The Morgan fingerprint density at radius 1 is 1.00 bits per heavy atom. The third-order valence-electron chi connectivity index (χ3n) is 5.41. The van der Waals surface area contributed by atoms with E-state index in [9.17, 15) is 14.0 Å². The van der Waals surface area contributed by atoms with E-state index >= 15 is 4.39 Å². The monoisotopic (exact) mass is 432 g/mol. The summed E-state index contributed by atoms with van der Waals surface area (Å²) in [7, 11) is 0. The second kappa shape index (κ2) is 7.38. The second-order valence-corrected chi connectivity index (χ2v) is 7.26. The number of anilines is 1. The van der Waals surface area contributed by atoms with Gasteiger partial charge in [-0.25, -0.2) is 13.6 Å². The molecule has 0 radical (unpaired) electrons. The molecule has 5 rings (SSSR count). The molecule has 4 aromatic rings. The molecule has 2 N–H and O–H groups in total. The van der Waals surface area contributed by atoms with Gasteiger partial charge in [0.1, 0.15) is 17.2 Å². The molecule has 1 aromatic heterocycles. The number of nitrogens with one attached hydrogen (secondary N) is 1. The molecule has 0 atom stereocenters. The van der Waals surface area contributed by atoms with Crippen LogP contribution < -0.4 is 4.90 Å². The maximum absolute atomic E-state index is 15.5. The summed E-state index contributed by atoms with van der Waals surface area (Å²) >= 11 is 0. The number of aromatic carboxylic acids is 1. The Morgan fingerprint density at radius 2 is 1.75 bits per heavy atom. The molecule has 0 saturated heterocycles. The average molecular weight is 432 g/mol. The van der Waals surface area contributed by atoms with Crippen molar-refractivity contribution in [1.29, 1.82) is 0 Å². The normalized spacial score (nSPS) is 12.8. The first kappa shape index (κ1) is 19.6. The van der Waals surface area contributed by atoms with Crippen molar-refractivity contribution in [2.45, 2.75) is 6.54 Å². The van der Waals surface area contributed by atoms with Crippen molar-refractivity contribution in [3.63, 3.8) is 0 Å². The first-order valence-corrected chi connectivity index (χ1v) is 9.57. The number of carbonyl (C=O) groups excluding carboxylic acids is 1. The molecule has 0 spiro atoms. The summed E-state index contributed by atoms with van der Waals surface area (Å²) in [4.78, 5) is 25.2. The van der Waals surface area contributed by atoms with E-state index in [1.54, 1.807) is 24.4 Å². The number of carbonyl (C=O) groups is 2. The fraction of sp³-hybridized carbons (Fsp3) is 0.0435. The van der Waals surface area contributed by atoms with E-state index in [0.29, 0.717) is 27.9 Å². The lowest BCUT2D eigenvalue weighted by Gasteiger charge is -2.19. The van der Waals surface area contributed by atoms with Crippen LogP contribution in [0.2, 0.25) is 0 Å². The summed E-state index contributed by atoms with van der Waals surface area (Å²) in [5.74, 6) is -3.40. The van der Waals surface area contributed by atoms with Gasteiger partial charge in [-0.15, -0.1) is 5.10 Å². The molecule has 7 nitrogen and oxygen atoms in total. The fourth-order valence-corrected chi connectivity index (χ4v) is 3.79. The van der Waals surface area contributed by atoms with Gasteiger partial charge in [-0.2, -0.15) is 0 Å². The minimum atomic E-state index is -1.11. The van der Waals surface area contributed by atoms with Crippen LogP contribution in [0, 0.1) is 11.6 Å². The van der Waals surface area contributed by atoms with Crippen LogP contribution in [0.5, 0.6) is 0 Å². The third-order valence-corrected chi connectivity index (χ3v) is 5.41. The van der Waals surface area contributed by atoms with E-state index in [4.69, 9.17) is 5.11 Å². The Bertz CT molecular complexity index is 1370. The molecule has 3 aromatic carbocycles. The van der Waals surface area contributed by atoms with E-state index < -0.39 is 29.2 Å². The maximum atomic E-state index is 15.5. The molecule has 0 bridgehead atoms. The Balaban J connectivity index is 1.54. The zero-order chi connectivity index (χ0) is 22.4. The van der Waals surface area contributed by atoms with Crippen LogP contribution in [-0.4, -0.2) is 32.4 Å². The van der Waals surface area contributed by atoms with Crippen molar-refractivity contribution in [2.75, 3.05) is 4.90 Å². The lowest BCUT2D eigenvalue weighted by Crippen LogP contribution is -2.25. The number of rotatable bonds is 4. The van der Waals surface area contributed by atoms with Crippen LogP contribution in [0.25, 0.3) is 22.4 Å². The van der Waals surface area contributed by atoms with Gasteiger partial charge < -0.3 is 5.11 Å². The number of benzene rings is 3. The highest BCUT2D eigenvalue weighted by Crippen LogP contribution is 2.37. The molecule has 0 fully saturated rings. The number of H-pyrrole nitrogens is 1. The van der Waals surface area contributed by atoms with Gasteiger partial charge in [0.25, 0.3) is 5.91 Å². The third kappa shape index (κ3) is 3.11. The standard InChI is InChI=1S/C23H14F2N4O3/c24-18-8-7-16(12-1-3-13(4-2-12)23(31)32)20(25)21(18)29-11-15-6-5-14(9-17(15)22(29)30)19-10-26-28-27-19/h1-10H,11H2,(H,31,32)(H,26,27,28). The average Bonchev–Trinajstić information content (AvgIpc) is 3.43. The molecule has 32 heavy (non-hydrogen) atoms. The van der Waals surface area contributed by atoms with Gasteiger partial charge in [0.2, 0.25) is 0 Å². The van der Waals surface area contributed by atoms with Crippen molar-refractivity contribution < 1.29 is 23.5 Å². The highest BCUT2D eigenvalue weighted by molar-refractivity contribution is 6.11. The number of halogens is 2. The largest absolute Gasteiger partial charge is 0.478 e. The lowest BCUT2D eigenvalue weighted by atomic mass is 10.0. The summed E-state index contributed by atoms with van der Waals surface area (Å²) in [6, 6.07) is 13.0. The first-order chi connectivity index (χ1) is 15.4. The number of amides is 1. The minimum Gasteiger partial charge on any atom is -0.478 e. The molecule has 9 heteroatoms.